The van der Waals surface area contributed by atoms with Crippen molar-refractivity contribution in [2.24, 2.45) is 0 Å². The van der Waals surface area contributed by atoms with Gasteiger partial charge in [0.2, 0.25) is 5.95 Å². The van der Waals surface area contributed by atoms with E-state index >= 15 is 0 Å². The van der Waals surface area contributed by atoms with Crippen LogP contribution in [0.25, 0.3) is 17.1 Å². The van der Waals surface area contributed by atoms with Gasteiger partial charge in [-0.15, -0.1) is 5.10 Å². The summed E-state index contributed by atoms with van der Waals surface area (Å²) in [5, 5.41) is 27.4. The van der Waals surface area contributed by atoms with Gasteiger partial charge in [0.25, 0.3) is 5.56 Å². The number of fused-ring (bicyclic) bond motifs is 1. The molecule has 1 aliphatic heterocycles. The summed E-state index contributed by atoms with van der Waals surface area (Å²) in [6.07, 6.45) is 4.26. The Labute approximate surface area is 153 Å². The van der Waals surface area contributed by atoms with E-state index in [0.717, 1.165) is 25.0 Å². The average molecular weight is 375 g/mol. The van der Waals surface area contributed by atoms with Crippen molar-refractivity contribution in [2.45, 2.75) is 51.0 Å². The van der Waals surface area contributed by atoms with Crippen molar-refractivity contribution < 1.29 is 14.9 Å². The van der Waals surface area contributed by atoms with E-state index in [2.05, 4.69) is 32.2 Å². The third-order valence-corrected chi connectivity index (χ3v) is 4.66. The second-order valence-corrected chi connectivity index (χ2v) is 6.59. The van der Waals surface area contributed by atoms with Crippen molar-refractivity contribution in [3.8, 4) is 5.95 Å². The molecule has 3 N–H and O–H groups in total. The lowest BCUT2D eigenvalue weighted by molar-refractivity contribution is -0.0432. The van der Waals surface area contributed by atoms with Gasteiger partial charge in [-0.2, -0.15) is 9.67 Å². The number of rotatable bonds is 6. The summed E-state index contributed by atoms with van der Waals surface area (Å²) in [6.45, 7) is 1.81. The van der Waals surface area contributed by atoms with E-state index in [1.165, 1.54) is 11.0 Å². The van der Waals surface area contributed by atoms with Gasteiger partial charge in [0.15, 0.2) is 11.2 Å². The minimum absolute atomic E-state index is 0.163. The van der Waals surface area contributed by atoms with E-state index in [1.54, 1.807) is 10.8 Å². The highest BCUT2D eigenvalue weighted by Gasteiger charge is 2.35. The monoisotopic (exact) mass is 375 g/mol. The largest absolute Gasteiger partial charge is 0.394 e. The highest BCUT2D eigenvalue weighted by molar-refractivity contribution is 5.70. The predicted molar refractivity (Wildman–Crippen MR) is 93.3 cm³/mol. The SMILES string of the molecule is CCCCc1cn(-c2nc3c(ncn3[C@H]3C[C@H](O)[C@@H](CO)O3)c(=O)[nH]2)nn1. The van der Waals surface area contributed by atoms with Crippen molar-refractivity contribution >= 4 is 11.2 Å². The second kappa shape index (κ2) is 7.18. The Morgan fingerprint density at radius 3 is 3.04 bits per heavy atom. The molecule has 0 saturated carbocycles. The fourth-order valence-corrected chi connectivity index (χ4v) is 3.16. The Kier molecular flexibility index (Phi) is 4.72. The highest BCUT2D eigenvalue weighted by Crippen LogP contribution is 2.30. The zero-order valence-corrected chi connectivity index (χ0v) is 14.8. The fraction of sp³-hybridized carbons (Fsp3) is 0.562. The molecule has 27 heavy (non-hydrogen) atoms. The van der Waals surface area contributed by atoms with Gasteiger partial charge in [-0.1, -0.05) is 18.6 Å². The number of nitrogens with zero attached hydrogens (tertiary/aromatic N) is 6. The quantitative estimate of drug-likeness (QED) is 0.532. The van der Waals surface area contributed by atoms with Gasteiger partial charge in [-0.05, 0) is 12.8 Å². The zero-order chi connectivity index (χ0) is 19.0. The maximum atomic E-state index is 12.4. The number of aryl methyl sites for hydroxylation is 1. The summed E-state index contributed by atoms with van der Waals surface area (Å²) >= 11 is 0. The molecule has 0 aliphatic carbocycles. The zero-order valence-electron chi connectivity index (χ0n) is 14.8. The van der Waals surface area contributed by atoms with Crippen LogP contribution in [0.15, 0.2) is 17.3 Å². The standard InChI is InChI=1S/C16H21N7O4/c1-2-3-4-9-6-23(21-20-9)16-18-14-13(15(26)19-16)17-8-22(14)12-5-10(25)11(7-24)27-12/h6,8,10-12,24-25H,2-5,7H2,1H3,(H,18,19,26)/t10-,11+,12+/m0/s1. The first-order valence-electron chi connectivity index (χ1n) is 8.93. The number of unbranched alkanes of at least 4 members (excludes halogenated alkanes) is 1. The van der Waals surface area contributed by atoms with Gasteiger partial charge in [0, 0.05) is 6.42 Å². The molecule has 3 atom stereocenters. The van der Waals surface area contributed by atoms with Gasteiger partial charge in [-0.3, -0.25) is 14.3 Å². The van der Waals surface area contributed by atoms with E-state index in [4.69, 9.17) is 4.74 Å². The van der Waals surface area contributed by atoms with Crippen LogP contribution in [0.3, 0.4) is 0 Å². The summed E-state index contributed by atoms with van der Waals surface area (Å²) in [5.74, 6) is 0.224. The van der Waals surface area contributed by atoms with Gasteiger partial charge in [0.05, 0.1) is 30.9 Å². The number of nitrogens with one attached hydrogen (secondary N) is 1. The van der Waals surface area contributed by atoms with E-state index in [0.29, 0.717) is 5.65 Å². The molecular formula is C16H21N7O4. The molecule has 0 bridgehead atoms. The number of hydrogen-bond donors (Lipinski definition) is 3. The number of aromatic amines is 1. The number of H-pyrrole nitrogens is 1. The molecule has 3 aromatic heterocycles. The van der Waals surface area contributed by atoms with Crippen molar-refractivity contribution in [1.82, 2.24) is 34.5 Å². The van der Waals surface area contributed by atoms with Gasteiger partial charge >= 0.3 is 0 Å². The Balaban J connectivity index is 1.70. The van der Waals surface area contributed by atoms with Crippen LogP contribution in [0.4, 0.5) is 0 Å². The molecule has 0 radical (unpaired) electrons. The molecular weight excluding hydrogens is 354 g/mol. The number of hydrogen-bond acceptors (Lipinski definition) is 8. The van der Waals surface area contributed by atoms with Crippen molar-refractivity contribution in [3.63, 3.8) is 0 Å². The number of ether oxygens (including phenoxy) is 1. The Hall–Kier alpha value is -2.63. The third kappa shape index (κ3) is 3.24. The van der Waals surface area contributed by atoms with Gasteiger partial charge in [-0.25, -0.2) is 4.98 Å². The van der Waals surface area contributed by atoms with E-state index in [9.17, 15) is 15.0 Å². The lowest BCUT2D eigenvalue weighted by atomic mass is 10.2. The van der Waals surface area contributed by atoms with Crippen molar-refractivity contribution in [1.29, 1.82) is 0 Å². The summed E-state index contributed by atoms with van der Waals surface area (Å²) in [5.41, 5.74) is 0.892. The third-order valence-electron chi connectivity index (χ3n) is 4.66. The first-order chi connectivity index (χ1) is 13.1. The molecule has 4 heterocycles. The number of imidazole rings is 1. The summed E-state index contributed by atoms with van der Waals surface area (Å²) in [6, 6.07) is 0. The highest BCUT2D eigenvalue weighted by atomic mass is 16.5. The summed E-state index contributed by atoms with van der Waals surface area (Å²) < 4.78 is 8.65. The maximum absolute atomic E-state index is 12.4. The lowest BCUT2D eigenvalue weighted by Gasteiger charge is -2.13. The molecule has 0 unspecified atom stereocenters. The molecule has 1 fully saturated rings. The van der Waals surface area contributed by atoms with Crippen LogP contribution in [0.5, 0.6) is 0 Å². The minimum Gasteiger partial charge on any atom is -0.394 e. The number of aromatic nitrogens is 7. The molecule has 0 aromatic carbocycles. The average Bonchev–Trinajstić information content (AvgIpc) is 3.37. The Morgan fingerprint density at radius 1 is 1.44 bits per heavy atom. The molecule has 11 nitrogen and oxygen atoms in total. The Bertz CT molecular complexity index is 994. The molecule has 0 amide bonds. The van der Waals surface area contributed by atoms with E-state index in [-0.39, 0.29) is 24.5 Å². The van der Waals surface area contributed by atoms with Crippen LogP contribution < -0.4 is 5.56 Å². The lowest BCUT2D eigenvalue weighted by Crippen LogP contribution is -2.24. The summed E-state index contributed by atoms with van der Waals surface area (Å²) in [7, 11) is 0. The van der Waals surface area contributed by atoms with Crippen LogP contribution in [0.2, 0.25) is 0 Å². The first kappa shape index (κ1) is 17.8. The second-order valence-electron chi connectivity index (χ2n) is 6.59. The first-order valence-corrected chi connectivity index (χ1v) is 8.93. The molecule has 1 aliphatic rings. The van der Waals surface area contributed by atoms with Crippen LogP contribution in [0.1, 0.15) is 38.1 Å². The van der Waals surface area contributed by atoms with Crippen molar-refractivity contribution in [3.05, 3.63) is 28.6 Å². The van der Waals surface area contributed by atoms with Crippen molar-refractivity contribution in [2.75, 3.05) is 6.61 Å². The van der Waals surface area contributed by atoms with Crippen LogP contribution in [0, 0.1) is 0 Å². The molecule has 3 aromatic rings. The summed E-state index contributed by atoms with van der Waals surface area (Å²) in [4.78, 5) is 23.6. The Morgan fingerprint density at radius 2 is 2.30 bits per heavy atom. The van der Waals surface area contributed by atoms with E-state index in [1.807, 2.05) is 0 Å². The van der Waals surface area contributed by atoms with Gasteiger partial charge < -0.3 is 14.9 Å². The van der Waals surface area contributed by atoms with E-state index < -0.39 is 24.0 Å². The fourth-order valence-electron chi connectivity index (χ4n) is 3.16. The molecule has 11 heteroatoms. The molecule has 1 saturated heterocycles. The van der Waals surface area contributed by atoms with Gasteiger partial charge in [0.1, 0.15) is 12.3 Å². The molecule has 4 rings (SSSR count). The normalized spacial score (nSPS) is 22.7. The smallest absolute Gasteiger partial charge is 0.280 e. The van der Waals surface area contributed by atoms with Crippen LogP contribution in [-0.4, -0.2) is 63.5 Å². The number of aliphatic hydroxyl groups is 2. The molecule has 0 spiro atoms. The minimum atomic E-state index is -0.796. The maximum Gasteiger partial charge on any atom is 0.280 e. The predicted octanol–water partition coefficient (Wildman–Crippen LogP) is -0.316. The van der Waals surface area contributed by atoms with Crippen LogP contribution >= 0.6 is 0 Å². The number of aliphatic hydroxyl groups excluding tert-OH is 2. The van der Waals surface area contributed by atoms with Crippen LogP contribution in [-0.2, 0) is 11.2 Å². The molecule has 144 valence electrons. The topological polar surface area (TPSA) is 144 Å².